The van der Waals surface area contributed by atoms with E-state index in [1.165, 1.54) is 13.2 Å². The van der Waals surface area contributed by atoms with Crippen LogP contribution in [0.5, 0.6) is 5.75 Å². The number of likely N-dealkylation sites (N-methyl/N-ethyl adjacent to an activating group) is 1. The number of rotatable bonds is 6. The number of aryl methyl sites for hydroxylation is 1. The van der Waals surface area contributed by atoms with Crippen molar-refractivity contribution in [1.29, 1.82) is 0 Å². The van der Waals surface area contributed by atoms with Crippen LogP contribution < -0.4 is 15.2 Å². The van der Waals surface area contributed by atoms with Gasteiger partial charge in [-0.05, 0) is 45.6 Å². The lowest BCUT2D eigenvalue weighted by atomic mass is 10.2. The van der Waals surface area contributed by atoms with E-state index in [9.17, 15) is 8.42 Å². The van der Waals surface area contributed by atoms with Crippen LogP contribution in [-0.4, -0.2) is 47.1 Å². The first kappa shape index (κ1) is 16.7. The van der Waals surface area contributed by atoms with Crippen molar-refractivity contribution in [2.45, 2.75) is 24.8 Å². The minimum atomic E-state index is -3.67. The van der Waals surface area contributed by atoms with E-state index in [2.05, 4.69) is 4.72 Å². The van der Waals surface area contributed by atoms with Gasteiger partial charge in [-0.3, -0.25) is 0 Å². The molecule has 0 spiro atoms. The maximum absolute atomic E-state index is 12.4. The van der Waals surface area contributed by atoms with Crippen LogP contribution in [0, 0.1) is 6.92 Å². The molecule has 1 unspecified atom stereocenters. The Morgan fingerprint density at radius 3 is 2.50 bits per heavy atom. The van der Waals surface area contributed by atoms with Crippen LogP contribution in [0.3, 0.4) is 0 Å². The molecule has 0 bridgehead atoms. The van der Waals surface area contributed by atoms with Crippen LogP contribution in [0.4, 0.5) is 5.69 Å². The number of hydrogen-bond acceptors (Lipinski definition) is 5. The molecule has 0 saturated heterocycles. The number of nitrogens with zero attached hydrogens (tertiary/aromatic N) is 1. The molecule has 0 saturated carbocycles. The van der Waals surface area contributed by atoms with Gasteiger partial charge in [0.15, 0.2) is 0 Å². The van der Waals surface area contributed by atoms with Crippen molar-refractivity contribution in [3.05, 3.63) is 17.7 Å². The van der Waals surface area contributed by atoms with E-state index in [0.29, 0.717) is 18.0 Å². The summed E-state index contributed by atoms with van der Waals surface area (Å²) in [4.78, 5) is 1.97. The summed E-state index contributed by atoms with van der Waals surface area (Å²) in [5, 5.41) is 0. The largest absolute Gasteiger partial charge is 0.495 e. The number of benzene rings is 1. The molecular formula is C13H23N3O3S. The van der Waals surface area contributed by atoms with Crippen LogP contribution in [0.25, 0.3) is 0 Å². The quantitative estimate of drug-likeness (QED) is 0.760. The number of anilines is 1. The summed E-state index contributed by atoms with van der Waals surface area (Å²) in [5.74, 6) is 0.293. The smallest absolute Gasteiger partial charge is 0.244 e. The van der Waals surface area contributed by atoms with Crippen LogP contribution in [0.15, 0.2) is 17.0 Å². The summed E-state index contributed by atoms with van der Waals surface area (Å²) >= 11 is 0. The number of ether oxygens (including phenoxy) is 1. The van der Waals surface area contributed by atoms with Gasteiger partial charge in [-0.15, -0.1) is 0 Å². The Hall–Kier alpha value is -1.31. The second kappa shape index (κ2) is 6.43. The van der Waals surface area contributed by atoms with Crippen molar-refractivity contribution in [3.63, 3.8) is 0 Å². The van der Waals surface area contributed by atoms with Gasteiger partial charge in [0.05, 0.1) is 7.11 Å². The molecule has 0 heterocycles. The summed E-state index contributed by atoms with van der Waals surface area (Å²) in [5.41, 5.74) is 7.00. The molecule has 20 heavy (non-hydrogen) atoms. The normalized spacial score (nSPS) is 13.5. The van der Waals surface area contributed by atoms with Crippen LogP contribution in [0.1, 0.15) is 12.5 Å². The Balaban J connectivity index is 3.12. The monoisotopic (exact) mass is 301 g/mol. The molecule has 0 aromatic heterocycles. The molecule has 1 rings (SSSR count). The lowest BCUT2D eigenvalue weighted by Gasteiger charge is -2.19. The molecule has 1 aromatic carbocycles. The Labute approximate surface area is 121 Å². The summed E-state index contributed by atoms with van der Waals surface area (Å²) in [6, 6.07) is 2.83. The van der Waals surface area contributed by atoms with Crippen molar-refractivity contribution < 1.29 is 13.2 Å². The Morgan fingerprint density at radius 1 is 1.40 bits per heavy atom. The van der Waals surface area contributed by atoms with Gasteiger partial charge in [0.25, 0.3) is 0 Å². The zero-order valence-corrected chi connectivity index (χ0v) is 13.4. The summed E-state index contributed by atoms with van der Waals surface area (Å²) in [6.45, 7) is 4.21. The molecule has 0 aliphatic carbocycles. The zero-order valence-electron chi connectivity index (χ0n) is 12.6. The van der Waals surface area contributed by atoms with Gasteiger partial charge in [0.1, 0.15) is 10.6 Å². The average Bonchev–Trinajstić information content (AvgIpc) is 2.29. The van der Waals surface area contributed by atoms with E-state index < -0.39 is 10.0 Å². The number of nitrogens with one attached hydrogen (secondary N) is 1. The first-order valence-electron chi connectivity index (χ1n) is 6.28. The standard InChI is InChI=1S/C13H23N3O3S/c1-9-6-12(19-5)13(7-11(9)14)20(17,18)15-10(2)8-16(3)4/h6-7,10,15H,8,14H2,1-5H3. The highest BCUT2D eigenvalue weighted by Crippen LogP contribution is 2.28. The fraction of sp³-hybridized carbons (Fsp3) is 0.538. The average molecular weight is 301 g/mol. The second-order valence-electron chi connectivity index (χ2n) is 5.14. The van der Waals surface area contributed by atoms with Gasteiger partial charge in [0, 0.05) is 18.3 Å². The fourth-order valence-corrected chi connectivity index (χ4v) is 3.38. The predicted octanol–water partition coefficient (Wildman–Crippen LogP) is 0.814. The Morgan fingerprint density at radius 2 is 2.00 bits per heavy atom. The van der Waals surface area contributed by atoms with Crippen molar-refractivity contribution in [2.75, 3.05) is 33.5 Å². The van der Waals surface area contributed by atoms with Crippen molar-refractivity contribution >= 4 is 15.7 Å². The third kappa shape index (κ3) is 4.09. The summed E-state index contributed by atoms with van der Waals surface area (Å²) in [7, 11) is 1.54. The highest BCUT2D eigenvalue weighted by Gasteiger charge is 2.23. The summed E-state index contributed by atoms with van der Waals surface area (Å²) < 4.78 is 32.6. The zero-order chi connectivity index (χ0) is 15.5. The molecule has 3 N–H and O–H groups in total. The molecule has 0 fully saturated rings. The number of methoxy groups -OCH3 is 1. The van der Waals surface area contributed by atoms with Crippen molar-refractivity contribution in [3.8, 4) is 5.75 Å². The summed E-state index contributed by atoms with van der Waals surface area (Å²) in [6.07, 6.45) is 0. The molecule has 114 valence electrons. The third-order valence-electron chi connectivity index (χ3n) is 2.84. The minimum Gasteiger partial charge on any atom is -0.495 e. The van der Waals surface area contributed by atoms with Gasteiger partial charge >= 0.3 is 0 Å². The minimum absolute atomic E-state index is 0.0636. The highest BCUT2D eigenvalue weighted by atomic mass is 32.2. The van der Waals surface area contributed by atoms with Crippen LogP contribution in [0.2, 0.25) is 0 Å². The molecule has 1 atom stereocenters. The Kier molecular flexibility index (Phi) is 5.38. The molecule has 0 aliphatic heterocycles. The highest BCUT2D eigenvalue weighted by molar-refractivity contribution is 7.89. The van der Waals surface area contributed by atoms with E-state index >= 15 is 0 Å². The molecule has 1 aromatic rings. The van der Waals surface area contributed by atoms with Gasteiger partial charge in [-0.25, -0.2) is 13.1 Å². The number of nitrogen functional groups attached to an aromatic ring is 1. The van der Waals surface area contributed by atoms with E-state index in [4.69, 9.17) is 10.5 Å². The molecular weight excluding hydrogens is 278 g/mol. The van der Waals surface area contributed by atoms with Gasteiger partial charge in [-0.1, -0.05) is 0 Å². The number of sulfonamides is 1. The number of hydrogen-bond donors (Lipinski definition) is 2. The lowest BCUT2D eigenvalue weighted by molar-refractivity contribution is 0.369. The molecule has 0 aliphatic rings. The van der Waals surface area contributed by atoms with Gasteiger partial charge in [0.2, 0.25) is 10.0 Å². The fourth-order valence-electron chi connectivity index (χ4n) is 1.96. The predicted molar refractivity (Wildman–Crippen MR) is 80.5 cm³/mol. The SMILES string of the molecule is COc1cc(C)c(N)cc1S(=O)(=O)NC(C)CN(C)C. The van der Waals surface area contributed by atoms with E-state index in [-0.39, 0.29) is 10.9 Å². The molecule has 0 radical (unpaired) electrons. The van der Waals surface area contributed by atoms with E-state index in [1.54, 1.807) is 13.0 Å². The maximum Gasteiger partial charge on any atom is 0.244 e. The Bertz CT molecular complexity index is 570. The van der Waals surface area contributed by atoms with Crippen LogP contribution in [-0.2, 0) is 10.0 Å². The van der Waals surface area contributed by atoms with Gasteiger partial charge < -0.3 is 15.4 Å². The van der Waals surface area contributed by atoms with E-state index in [1.807, 2.05) is 25.9 Å². The number of nitrogens with two attached hydrogens (primary N) is 1. The van der Waals surface area contributed by atoms with Crippen molar-refractivity contribution in [2.24, 2.45) is 0 Å². The lowest BCUT2D eigenvalue weighted by Crippen LogP contribution is -2.39. The molecule has 7 heteroatoms. The van der Waals surface area contributed by atoms with Gasteiger partial charge in [-0.2, -0.15) is 0 Å². The van der Waals surface area contributed by atoms with Crippen molar-refractivity contribution in [1.82, 2.24) is 9.62 Å². The topological polar surface area (TPSA) is 84.7 Å². The second-order valence-corrected chi connectivity index (χ2v) is 6.83. The first-order valence-corrected chi connectivity index (χ1v) is 7.77. The molecule has 6 nitrogen and oxygen atoms in total. The van der Waals surface area contributed by atoms with Crippen LogP contribution >= 0.6 is 0 Å². The first-order chi connectivity index (χ1) is 9.17. The maximum atomic E-state index is 12.4. The molecule has 0 amide bonds. The van der Waals surface area contributed by atoms with E-state index in [0.717, 1.165) is 5.56 Å². The third-order valence-corrected chi connectivity index (χ3v) is 4.45.